The Labute approximate surface area is 210 Å². The van der Waals surface area contributed by atoms with Gasteiger partial charge in [0.2, 0.25) is 0 Å². The van der Waals surface area contributed by atoms with Gasteiger partial charge in [0.1, 0.15) is 0 Å². The van der Waals surface area contributed by atoms with E-state index >= 15 is 0 Å². The lowest BCUT2D eigenvalue weighted by molar-refractivity contribution is -0.118. The average molecular weight is 483 g/mol. The van der Waals surface area contributed by atoms with Gasteiger partial charge in [0.05, 0.1) is 17.4 Å². The lowest BCUT2D eigenvalue weighted by atomic mass is 10.0. The highest BCUT2D eigenvalue weighted by atomic mass is 16.2. The summed E-state index contributed by atoms with van der Waals surface area (Å²) in [5.74, 6) is 0.0857. The number of ketones is 1. The van der Waals surface area contributed by atoms with Crippen LogP contribution in [0.1, 0.15) is 29.8 Å². The molecule has 2 N–H and O–H groups in total. The van der Waals surface area contributed by atoms with E-state index in [2.05, 4.69) is 45.3 Å². The molecule has 184 valence electrons. The number of carbonyl (C=O) groups excluding carboxylic acids is 2. The fourth-order valence-corrected chi connectivity index (χ4v) is 5.38. The number of nitrogens with one attached hydrogen (secondary N) is 2. The van der Waals surface area contributed by atoms with Crippen molar-refractivity contribution in [2.75, 3.05) is 31.5 Å². The van der Waals surface area contributed by atoms with Crippen LogP contribution >= 0.6 is 0 Å². The number of pyridine rings is 1. The van der Waals surface area contributed by atoms with Crippen LogP contribution in [0.5, 0.6) is 0 Å². The molecule has 1 saturated heterocycles. The van der Waals surface area contributed by atoms with Crippen LogP contribution in [0.25, 0.3) is 16.9 Å². The van der Waals surface area contributed by atoms with Gasteiger partial charge in [0, 0.05) is 68.5 Å². The van der Waals surface area contributed by atoms with Crippen molar-refractivity contribution in [3.05, 3.63) is 77.8 Å². The second kappa shape index (κ2) is 9.04. The van der Waals surface area contributed by atoms with Crippen LogP contribution < -0.4 is 10.6 Å². The van der Waals surface area contributed by atoms with Crippen LogP contribution in [0.4, 0.5) is 5.69 Å². The first-order valence-corrected chi connectivity index (χ1v) is 12.5. The van der Waals surface area contributed by atoms with Crippen molar-refractivity contribution >= 4 is 23.0 Å². The molecule has 2 aliphatic heterocycles. The van der Waals surface area contributed by atoms with Crippen LogP contribution in [-0.2, 0) is 11.3 Å². The zero-order valence-corrected chi connectivity index (χ0v) is 20.6. The Kier molecular flexibility index (Phi) is 5.70. The number of aromatic nitrogens is 2. The summed E-state index contributed by atoms with van der Waals surface area (Å²) in [4.78, 5) is 34.2. The predicted molar refractivity (Wildman–Crippen MR) is 140 cm³/mol. The van der Waals surface area contributed by atoms with Gasteiger partial charge in [-0.25, -0.2) is 4.98 Å². The molecule has 8 nitrogen and oxygen atoms in total. The molecule has 2 aromatic heterocycles. The molecule has 1 atom stereocenters. The number of carbonyl (C=O) groups is 2. The minimum atomic E-state index is -0.195. The zero-order valence-electron chi connectivity index (χ0n) is 20.6. The van der Waals surface area contributed by atoms with E-state index in [-0.39, 0.29) is 17.7 Å². The van der Waals surface area contributed by atoms with E-state index < -0.39 is 0 Å². The summed E-state index contributed by atoms with van der Waals surface area (Å²) < 4.78 is 2.03. The average Bonchev–Trinajstić information content (AvgIpc) is 3.52. The molecule has 8 heteroatoms. The van der Waals surface area contributed by atoms with Crippen molar-refractivity contribution < 1.29 is 9.59 Å². The van der Waals surface area contributed by atoms with Crippen molar-refractivity contribution in [2.24, 2.45) is 0 Å². The minimum Gasteiger partial charge on any atom is -0.352 e. The molecule has 3 aliphatic rings. The number of imidazole rings is 1. The molecule has 4 heterocycles. The van der Waals surface area contributed by atoms with Crippen LogP contribution in [0, 0.1) is 0 Å². The van der Waals surface area contributed by atoms with Crippen LogP contribution in [0.2, 0.25) is 0 Å². The fraction of sp³-hybridized carbons (Fsp3) is 0.321. The molecule has 0 spiro atoms. The molecule has 1 unspecified atom stereocenters. The van der Waals surface area contributed by atoms with Crippen LogP contribution in [0.3, 0.4) is 0 Å². The number of allylic oxidation sites excluding steroid dienone is 1. The number of amides is 1. The van der Waals surface area contributed by atoms with Gasteiger partial charge in [-0.15, -0.1) is 0 Å². The number of nitrogens with zero attached hydrogens (tertiary/aromatic N) is 4. The summed E-state index contributed by atoms with van der Waals surface area (Å²) in [6.45, 7) is 8.78. The summed E-state index contributed by atoms with van der Waals surface area (Å²) in [5.41, 5.74) is 6.11. The Morgan fingerprint density at radius 1 is 1.08 bits per heavy atom. The molecule has 1 amide bonds. The first-order valence-electron chi connectivity index (χ1n) is 12.5. The molecule has 0 bridgehead atoms. The number of benzene rings is 1. The minimum absolute atomic E-state index is 0.0210. The van der Waals surface area contributed by atoms with Gasteiger partial charge >= 0.3 is 0 Å². The van der Waals surface area contributed by atoms with Crippen LogP contribution in [0.15, 0.2) is 66.7 Å². The number of rotatable bonds is 5. The Balaban J connectivity index is 1.20. The van der Waals surface area contributed by atoms with Crippen molar-refractivity contribution in [1.29, 1.82) is 0 Å². The molecular formula is C28H30N6O2. The number of hydrogen-bond donors (Lipinski definition) is 2. The number of hydrogen-bond acceptors (Lipinski definition) is 6. The third-order valence-electron chi connectivity index (χ3n) is 7.43. The first kappa shape index (κ1) is 22.7. The van der Waals surface area contributed by atoms with E-state index in [1.807, 2.05) is 47.0 Å². The van der Waals surface area contributed by atoms with E-state index in [1.165, 1.54) is 0 Å². The fourth-order valence-electron chi connectivity index (χ4n) is 5.38. The molecule has 3 aromatic rings. The Morgan fingerprint density at radius 2 is 1.92 bits per heavy atom. The number of fused-ring (bicyclic) bond motifs is 2. The molecule has 0 radical (unpaired) electrons. The molecule has 6 rings (SSSR count). The summed E-state index contributed by atoms with van der Waals surface area (Å²) in [5, 5.41) is 6.27. The maximum atomic E-state index is 13.0. The second-order valence-electron chi connectivity index (χ2n) is 9.90. The van der Waals surface area contributed by atoms with E-state index in [9.17, 15) is 9.59 Å². The van der Waals surface area contributed by atoms with Crippen molar-refractivity contribution in [3.63, 3.8) is 0 Å². The maximum absolute atomic E-state index is 13.0. The monoisotopic (exact) mass is 482 g/mol. The lowest BCUT2D eigenvalue weighted by Crippen LogP contribution is -2.53. The van der Waals surface area contributed by atoms with Crippen LogP contribution in [-0.4, -0.2) is 69.1 Å². The second-order valence-corrected chi connectivity index (χ2v) is 9.90. The number of piperazine rings is 1. The number of anilines is 1. The Hall–Kier alpha value is -3.75. The maximum Gasteiger partial charge on any atom is 0.251 e. The third kappa shape index (κ3) is 4.02. The van der Waals surface area contributed by atoms with Gasteiger partial charge < -0.3 is 10.6 Å². The highest BCUT2D eigenvalue weighted by Gasteiger charge is 2.29. The summed E-state index contributed by atoms with van der Waals surface area (Å²) in [6, 6.07) is 10.3. The summed E-state index contributed by atoms with van der Waals surface area (Å²) >= 11 is 0. The van der Waals surface area contributed by atoms with E-state index in [0.29, 0.717) is 12.6 Å². The molecule has 36 heavy (non-hydrogen) atoms. The quantitative estimate of drug-likeness (QED) is 0.582. The van der Waals surface area contributed by atoms with Crippen molar-refractivity contribution in [3.8, 4) is 11.3 Å². The van der Waals surface area contributed by atoms with Gasteiger partial charge in [-0.1, -0.05) is 12.1 Å². The molecule has 1 fully saturated rings. The van der Waals surface area contributed by atoms with Crippen molar-refractivity contribution in [2.45, 2.75) is 32.5 Å². The zero-order chi connectivity index (χ0) is 24.8. The van der Waals surface area contributed by atoms with Gasteiger partial charge in [-0.05, 0) is 55.3 Å². The molecular weight excluding hydrogens is 452 g/mol. The van der Waals surface area contributed by atoms with Gasteiger partial charge in [0.25, 0.3) is 5.91 Å². The molecule has 1 aliphatic carbocycles. The lowest BCUT2D eigenvalue weighted by Gasteiger charge is -2.39. The van der Waals surface area contributed by atoms with E-state index in [1.54, 1.807) is 12.3 Å². The smallest absolute Gasteiger partial charge is 0.251 e. The normalized spacial score (nSPS) is 20.6. The highest BCUT2D eigenvalue weighted by Crippen LogP contribution is 2.29. The Bertz CT molecular complexity index is 1410. The predicted octanol–water partition coefficient (Wildman–Crippen LogP) is 3.07. The van der Waals surface area contributed by atoms with E-state index in [0.717, 1.165) is 65.6 Å². The SMILES string of the molecule is CC(C)N1CCN(C2C=CC(Nc3ccc(-c4ccc5c(c4)CNC5=O)n4ccnc34)=CC2=O)CC1. The van der Waals surface area contributed by atoms with Crippen molar-refractivity contribution in [1.82, 2.24) is 24.5 Å². The van der Waals surface area contributed by atoms with Gasteiger partial charge in [-0.3, -0.25) is 23.8 Å². The third-order valence-corrected chi connectivity index (χ3v) is 7.43. The first-order chi connectivity index (χ1) is 17.5. The summed E-state index contributed by atoms with van der Waals surface area (Å²) in [6.07, 6.45) is 9.41. The van der Waals surface area contributed by atoms with Gasteiger partial charge in [-0.2, -0.15) is 0 Å². The standard InChI is InChI=1S/C28H30N6O2/c1-18(2)32-11-13-33(14-12-32)25-7-4-21(16-26(25)35)31-23-6-8-24(34-10-9-29-27(23)34)19-3-5-22-20(15-19)17-30-28(22)36/h3-10,15-16,18,25,31H,11-14,17H2,1-2H3,(H,30,36). The topological polar surface area (TPSA) is 82.0 Å². The largest absolute Gasteiger partial charge is 0.352 e. The highest BCUT2D eigenvalue weighted by molar-refractivity contribution is 5.99. The van der Waals surface area contributed by atoms with E-state index in [4.69, 9.17) is 0 Å². The Morgan fingerprint density at radius 3 is 2.69 bits per heavy atom. The molecule has 0 saturated carbocycles. The summed E-state index contributed by atoms with van der Waals surface area (Å²) in [7, 11) is 0. The molecule has 1 aromatic carbocycles. The van der Waals surface area contributed by atoms with Gasteiger partial charge in [0.15, 0.2) is 11.4 Å².